The smallest absolute Gasteiger partial charge is 0.164 e. The third-order valence-corrected chi connectivity index (χ3v) is 3.99. The van der Waals surface area contributed by atoms with E-state index in [0.717, 1.165) is 21.7 Å². The predicted octanol–water partition coefficient (Wildman–Crippen LogP) is 3.40. The van der Waals surface area contributed by atoms with E-state index >= 15 is 0 Å². The molecule has 0 aliphatic rings. The minimum absolute atomic E-state index is 0.337. The normalized spacial score (nSPS) is 10.9. The summed E-state index contributed by atoms with van der Waals surface area (Å²) >= 11 is 9.43. The second kappa shape index (κ2) is 6.50. The van der Waals surface area contributed by atoms with Gasteiger partial charge in [-0.05, 0) is 18.6 Å². The first-order valence-corrected chi connectivity index (χ1v) is 7.23. The zero-order valence-corrected chi connectivity index (χ0v) is 13.2. The predicted molar refractivity (Wildman–Crippen MR) is 79.3 cm³/mol. The SMILES string of the molecule is COCCn1c(CCl)nnc1-c1ccc(C)c(Br)c1. The summed E-state index contributed by atoms with van der Waals surface area (Å²) in [6.45, 7) is 3.34. The van der Waals surface area contributed by atoms with E-state index in [9.17, 15) is 0 Å². The third kappa shape index (κ3) is 3.16. The lowest BCUT2D eigenvalue weighted by Crippen LogP contribution is -2.09. The maximum absolute atomic E-state index is 5.89. The maximum atomic E-state index is 5.89. The van der Waals surface area contributed by atoms with Crippen LogP contribution in [0.4, 0.5) is 0 Å². The molecule has 4 nitrogen and oxygen atoms in total. The fraction of sp³-hybridized carbons (Fsp3) is 0.385. The van der Waals surface area contributed by atoms with Crippen molar-refractivity contribution in [2.45, 2.75) is 19.3 Å². The van der Waals surface area contributed by atoms with Crippen LogP contribution < -0.4 is 0 Å². The second-order valence-corrected chi connectivity index (χ2v) is 5.30. The molecule has 2 aromatic rings. The highest BCUT2D eigenvalue weighted by atomic mass is 79.9. The van der Waals surface area contributed by atoms with E-state index in [2.05, 4.69) is 32.2 Å². The van der Waals surface area contributed by atoms with Gasteiger partial charge in [-0.2, -0.15) is 0 Å². The van der Waals surface area contributed by atoms with Crippen LogP contribution in [-0.4, -0.2) is 28.5 Å². The molecule has 0 radical (unpaired) electrons. The van der Waals surface area contributed by atoms with Crippen LogP contribution in [0.5, 0.6) is 0 Å². The van der Waals surface area contributed by atoms with E-state index in [1.807, 2.05) is 23.6 Å². The molecule has 0 saturated heterocycles. The van der Waals surface area contributed by atoms with Crippen LogP contribution >= 0.6 is 27.5 Å². The van der Waals surface area contributed by atoms with Crippen LogP contribution in [0.1, 0.15) is 11.4 Å². The van der Waals surface area contributed by atoms with E-state index in [1.165, 1.54) is 5.56 Å². The number of hydrogen-bond acceptors (Lipinski definition) is 3. The third-order valence-electron chi connectivity index (χ3n) is 2.90. The van der Waals surface area contributed by atoms with Gasteiger partial charge in [0, 0.05) is 23.7 Å². The molecule has 0 aliphatic carbocycles. The minimum Gasteiger partial charge on any atom is -0.383 e. The number of alkyl halides is 1. The fourth-order valence-electron chi connectivity index (χ4n) is 1.80. The molecule has 2 rings (SSSR count). The number of nitrogens with zero attached hydrogens (tertiary/aromatic N) is 3. The lowest BCUT2D eigenvalue weighted by molar-refractivity contribution is 0.187. The van der Waals surface area contributed by atoms with Gasteiger partial charge in [-0.15, -0.1) is 21.8 Å². The molecular formula is C13H15BrClN3O. The average molecular weight is 345 g/mol. The molecule has 1 aromatic heterocycles. The van der Waals surface area contributed by atoms with Crippen molar-refractivity contribution in [2.24, 2.45) is 0 Å². The Morgan fingerprint density at radius 3 is 2.79 bits per heavy atom. The standard InChI is InChI=1S/C13H15BrClN3O/c1-9-3-4-10(7-11(9)14)13-17-16-12(8-15)18(13)5-6-19-2/h3-4,7H,5-6,8H2,1-2H3. The molecule has 19 heavy (non-hydrogen) atoms. The van der Waals surface area contributed by atoms with E-state index in [1.54, 1.807) is 7.11 Å². The van der Waals surface area contributed by atoms with Gasteiger partial charge in [0.2, 0.25) is 0 Å². The fourth-order valence-corrected chi connectivity index (χ4v) is 2.37. The largest absolute Gasteiger partial charge is 0.383 e. The molecule has 0 spiro atoms. The lowest BCUT2D eigenvalue weighted by atomic mass is 10.1. The van der Waals surface area contributed by atoms with Crippen molar-refractivity contribution in [1.29, 1.82) is 0 Å². The van der Waals surface area contributed by atoms with E-state index < -0.39 is 0 Å². The summed E-state index contributed by atoms with van der Waals surface area (Å²) in [6.07, 6.45) is 0. The van der Waals surface area contributed by atoms with Crippen LogP contribution in [0.25, 0.3) is 11.4 Å². The van der Waals surface area contributed by atoms with Gasteiger partial charge in [0.25, 0.3) is 0 Å². The van der Waals surface area contributed by atoms with Crippen LogP contribution in [0, 0.1) is 6.92 Å². The second-order valence-electron chi connectivity index (χ2n) is 4.18. The quantitative estimate of drug-likeness (QED) is 0.781. The molecule has 0 bridgehead atoms. The van der Waals surface area contributed by atoms with Crippen molar-refractivity contribution in [3.63, 3.8) is 0 Å². The van der Waals surface area contributed by atoms with Crippen molar-refractivity contribution in [3.8, 4) is 11.4 Å². The van der Waals surface area contributed by atoms with E-state index in [-0.39, 0.29) is 0 Å². The Bertz CT molecular complexity index is 571. The Morgan fingerprint density at radius 2 is 2.16 bits per heavy atom. The summed E-state index contributed by atoms with van der Waals surface area (Å²) in [4.78, 5) is 0. The summed E-state index contributed by atoms with van der Waals surface area (Å²) in [7, 11) is 1.67. The number of aryl methyl sites for hydroxylation is 1. The number of ether oxygens (including phenoxy) is 1. The van der Waals surface area contributed by atoms with Crippen LogP contribution in [-0.2, 0) is 17.2 Å². The lowest BCUT2D eigenvalue weighted by Gasteiger charge is -2.09. The van der Waals surface area contributed by atoms with Gasteiger partial charge in [0.1, 0.15) is 5.82 Å². The average Bonchev–Trinajstić information content (AvgIpc) is 2.82. The Morgan fingerprint density at radius 1 is 1.37 bits per heavy atom. The Kier molecular flexibility index (Phi) is 4.96. The van der Waals surface area contributed by atoms with Gasteiger partial charge < -0.3 is 9.30 Å². The number of benzene rings is 1. The number of halogens is 2. The summed E-state index contributed by atoms with van der Waals surface area (Å²) < 4.78 is 8.17. The zero-order chi connectivity index (χ0) is 13.8. The molecule has 0 fully saturated rings. The molecule has 0 amide bonds. The molecule has 0 aliphatic heterocycles. The molecule has 0 N–H and O–H groups in total. The highest BCUT2D eigenvalue weighted by molar-refractivity contribution is 9.10. The summed E-state index contributed by atoms with van der Waals surface area (Å²) in [6, 6.07) is 6.13. The number of methoxy groups -OCH3 is 1. The molecule has 6 heteroatoms. The van der Waals surface area contributed by atoms with Crippen LogP contribution in [0.2, 0.25) is 0 Å². The van der Waals surface area contributed by atoms with Crippen molar-refractivity contribution in [1.82, 2.24) is 14.8 Å². The van der Waals surface area contributed by atoms with Crippen molar-refractivity contribution in [2.75, 3.05) is 13.7 Å². The molecule has 0 atom stereocenters. The van der Waals surface area contributed by atoms with Gasteiger partial charge in [-0.1, -0.05) is 28.1 Å². The Labute approximate surface area is 125 Å². The van der Waals surface area contributed by atoms with E-state index in [4.69, 9.17) is 16.3 Å². The van der Waals surface area contributed by atoms with Crippen molar-refractivity contribution >= 4 is 27.5 Å². The molecule has 0 saturated carbocycles. The van der Waals surface area contributed by atoms with Crippen LogP contribution in [0.3, 0.4) is 0 Å². The highest BCUT2D eigenvalue weighted by Gasteiger charge is 2.13. The number of rotatable bonds is 5. The first kappa shape index (κ1) is 14.5. The minimum atomic E-state index is 0.337. The van der Waals surface area contributed by atoms with Gasteiger partial charge >= 0.3 is 0 Å². The monoisotopic (exact) mass is 343 g/mol. The van der Waals surface area contributed by atoms with Gasteiger partial charge in [0.15, 0.2) is 5.82 Å². The van der Waals surface area contributed by atoms with E-state index in [0.29, 0.717) is 19.0 Å². The first-order chi connectivity index (χ1) is 9.17. The molecule has 102 valence electrons. The van der Waals surface area contributed by atoms with Gasteiger partial charge in [-0.3, -0.25) is 0 Å². The number of aromatic nitrogens is 3. The van der Waals surface area contributed by atoms with Gasteiger partial charge in [0.05, 0.1) is 12.5 Å². The topological polar surface area (TPSA) is 39.9 Å². The Hall–Kier alpha value is -0.910. The van der Waals surface area contributed by atoms with Crippen molar-refractivity contribution < 1.29 is 4.74 Å². The molecule has 0 unspecified atom stereocenters. The van der Waals surface area contributed by atoms with Crippen molar-refractivity contribution in [3.05, 3.63) is 34.1 Å². The van der Waals surface area contributed by atoms with Crippen LogP contribution in [0.15, 0.2) is 22.7 Å². The van der Waals surface area contributed by atoms with Gasteiger partial charge in [-0.25, -0.2) is 0 Å². The highest BCUT2D eigenvalue weighted by Crippen LogP contribution is 2.25. The summed E-state index contributed by atoms with van der Waals surface area (Å²) in [5.74, 6) is 1.91. The number of hydrogen-bond donors (Lipinski definition) is 0. The molecule has 1 aromatic carbocycles. The first-order valence-electron chi connectivity index (χ1n) is 5.91. The molecule has 1 heterocycles. The summed E-state index contributed by atoms with van der Waals surface area (Å²) in [5.41, 5.74) is 2.20. The maximum Gasteiger partial charge on any atom is 0.164 e. The summed E-state index contributed by atoms with van der Waals surface area (Å²) in [5, 5.41) is 8.36. The Balaban J connectivity index is 2.42. The zero-order valence-electron chi connectivity index (χ0n) is 10.9. The molecular weight excluding hydrogens is 330 g/mol.